The molecular formula is C15H26F3N3O2. The van der Waals surface area contributed by atoms with Crippen molar-refractivity contribution in [2.45, 2.75) is 31.9 Å². The van der Waals surface area contributed by atoms with Gasteiger partial charge in [0.25, 0.3) is 0 Å². The van der Waals surface area contributed by atoms with Gasteiger partial charge in [-0.25, -0.2) is 4.79 Å². The van der Waals surface area contributed by atoms with Crippen molar-refractivity contribution in [3.8, 4) is 0 Å². The van der Waals surface area contributed by atoms with Gasteiger partial charge in [-0.15, -0.1) is 0 Å². The fourth-order valence-corrected chi connectivity index (χ4v) is 2.79. The molecule has 2 amide bonds. The van der Waals surface area contributed by atoms with Crippen LogP contribution in [0.1, 0.15) is 25.7 Å². The monoisotopic (exact) mass is 337 g/mol. The predicted molar refractivity (Wildman–Crippen MR) is 80.2 cm³/mol. The van der Waals surface area contributed by atoms with E-state index in [1.165, 1.54) is 19.3 Å². The van der Waals surface area contributed by atoms with E-state index >= 15 is 0 Å². The van der Waals surface area contributed by atoms with E-state index in [0.29, 0.717) is 32.0 Å². The number of alkyl halides is 3. The van der Waals surface area contributed by atoms with Crippen LogP contribution in [0.15, 0.2) is 0 Å². The van der Waals surface area contributed by atoms with Crippen LogP contribution in [0.5, 0.6) is 0 Å². The summed E-state index contributed by atoms with van der Waals surface area (Å²) in [6.07, 6.45) is 0.0171. The molecule has 5 nitrogen and oxygen atoms in total. The minimum atomic E-state index is -4.25. The van der Waals surface area contributed by atoms with Gasteiger partial charge < -0.3 is 15.0 Å². The number of piperazine rings is 1. The van der Waals surface area contributed by atoms with Crippen molar-refractivity contribution in [2.75, 3.05) is 52.5 Å². The van der Waals surface area contributed by atoms with Gasteiger partial charge in [-0.1, -0.05) is 6.42 Å². The first-order valence-electron chi connectivity index (χ1n) is 8.34. The van der Waals surface area contributed by atoms with E-state index in [0.717, 1.165) is 19.6 Å². The van der Waals surface area contributed by atoms with E-state index in [-0.39, 0.29) is 12.6 Å². The highest BCUT2D eigenvalue weighted by molar-refractivity contribution is 5.74. The summed E-state index contributed by atoms with van der Waals surface area (Å²) >= 11 is 0. The van der Waals surface area contributed by atoms with Gasteiger partial charge in [-0.2, -0.15) is 13.2 Å². The smallest absolute Gasteiger partial charge is 0.372 e. The van der Waals surface area contributed by atoms with Crippen molar-refractivity contribution in [2.24, 2.45) is 5.92 Å². The van der Waals surface area contributed by atoms with Gasteiger partial charge in [0.1, 0.15) is 6.61 Å². The Morgan fingerprint density at radius 1 is 1.17 bits per heavy atom. The van der Waals surface area contributed by atoms with Crippen molar-refractivity contribution < 1.29 is 22.7 Å². The number of amides is 2. The Bertz CT molecular complexity index is 367. The van der Waals surface area contributed by atoms with Crippen LogP contribution < -0.4 is 5.32 Å². The van der Waals surface area contributed by atoms with Gasteiger partial charge in [0, 0.05) is 45.9 Å². The number of ether oxygens (including phenoxy) is 1. The van der Waals surface area contributed by atoms with Gasteiger partial charge >= 0.3 is 12.2 Å². The summed E-state index contributed by atoms with van der Waals surface area (Å²) < 4.78 is 40.3. The maximum atomic E-state index is 12.0. The van der Waals surface area contributed by atoms with Crippen LogP contribution >= 0.6 is 0 Å². The third kappa shape index (κ3) is 6.95. The third-order valence-corrected chi connectivity index (χ3v) is 4.45. The molecule has 0 aromatic heterocycles. The number of hydrogen-bond donors (Lipinski definition) is 1. The molecule has 0 bridgehead atoms. The molecule has 0 unspecified atom stereocenters. The lowest BCUT2D eigenvalue weighted by atomic mass is 9.85. The Morgan fingerprint density at radius 2 is 1.87 bits per heavy atom. The van der Waals surface area contributed by atoms with E-state index < -0.39 is 12.8 Å². The van der Waals surface area contributed by atoms with E-state index in [1.54, 1.807) is 0 Å². The second-order valence-electron chi connectivity index (χ2n) is 6.33. The maximum absolute atomic E-state index is 12.0. The first-order valence-corrected chi connectivity index (χ1v) is 8.34. The minimum absolute atomic E-state index is 0.00469. The van der Waals surface area contributed by atoms with Crippen molar-refractivity contribution >= 4 is 6.03 Å². The summed E-state index contributed by atoms with van der Waals surface area (Å²) in [6.45, 7) is 3.26. The Hall–Kier alpha value is -1.02. The molecule has 0 radical (unpaired) electrons. The van der Waals surface area contributed by atoms with Crippen molar-refractivity contribution in [3.63, 3.8) is 0 Å². The van der Waals surface area contributed by atoms with Gasteiger partial charge in [-0.3, -0.25) is 4.90 Å². The predicted octanol–water partition coefficient (Wildman–Crippen LogP) is 2.08. The van der Waals surface area contributed by atoms with Crippen LogP contribution in [-0.4, -0.2) is 74.5 Å². The molecule has 2 aliphatic rings. The van der Waals surface area contributed by atoms with E-state index in [4.69, 9.17) is 0 Å². The number of nitrogens with one attached hydrogen (secondary N) is 1. The van der Waals surface area contributed by atoms with Crippen LogP contribution in [0.4, 0.5) is 18.0 Å². The van der Waals surface area contributed by atoms with Crippen LogP contribution in [0.2, 0.25) is 0 Å². The lowest BCUT2D eigenvalue weighted by molar-refractivity contribution is -0.174. The SMILES string of the molecule is O=C(NCC1CCC1)N1CCN(CCCOCC(F)(F)F)CC1. The highest BCUT2D eigenvalue weighted by Gasteiger charge is 2.27. The summed E-state index contributed by atoms with van der Waals surface area (Å²) in [6, 6.07) is 0.00469. The largest absolute Gasteiger partial charge is 0.411 e. The molecule has 0 aromatic carbocycles. The second kappa shape index (κ2) is 8.73. The highest BCUT2D eigenvalue weighted by atomic mass is 19.4. The Balaban J connectivity index is 1.50. The van der Waals surface area contributed by atoms with E-state index in [2.05, 4.69) is 15.0 Å². The Morgan fingerprint density at radius 3 is 2.43 bits per heavy atom. The third-order valence-electron chi connectivity index (χ3n) is 4.45. The van der Waals surface area contributed by atoms with Crippen LogP contribution in [-0.2, 0) is 4.74 Å². The molecule has 134 valence electrons. The standard InChI is InChI=1S/C15H26F3N3O2/c16-15(17,18)12-23-10-2-5-20-6-8-21(9-7-20)14(22)19-11-13-3-1-4-13/h13H,1-12H2,(H,19,22). The molecule has 2 rings (SSSR count). The minimum Gasteiger partial charge on any atom is -0.372 e. The van der Waals surface area contributed by atoms with Gasteiger partial charge in [0.2, 0.25) is 0 Å². The molecule has 1 N–H and O–H groups in total. The van der Waals surface area contributed by atoms with Gasteiger partial charge in [0.15, 0.2) is 0 Å². The normalized spacial score (nSPS) is 20.4. The number of rotatable bonds is 7. The fraction of sp³-hybridized carbons (Fsp3) is 0.933. The highest BCUT2D eigenvalue weighted by Crippen LogP contribution is 2.25. The quantitative estimate of drug-likeness (QED) is 0.724. The molecule has 0 atom stereocenters. The molecule has 23 heavy (non-hydrogen) atoms. The lowest BCUT2D eigenvalue weighted by Crippen LogP contribution is -2.52. The van der Waals surface area contributed by atoms with Gasteiger partial charge in [0.05, 0.1) is 0 Å². The molecule has 2 fully saturated rings. The molecule has 0 spiro atoms. The van der Waals surface area contributed by atoms with Gasteiger partial charge in [-0.05, 0) is 25.2 Å². The molecule has 1 aliphatic carbocycles. The molecule has 1 aliphatic heterocycles. The van der Waals surface area contributed by atoms with Crippen molar-refractivity contribution in [3.05, 3.63) is 0 Å². The summed E-state index contributed by atoms with van der Waals surface area (Å²) in [5, 5.41) is 2.99. The topological polar surface area (TPSA) is 44.8 Å². The first-order chi connectivity index (χ1) is 10.9. The number of carbonyl (C=O) groups excluding carboxylic acids is 1. The average molecular weight is 337 g/mol. The second-order valence-corrected chi connectivity index (χ2v) is 6.33. The number of halogens is 3. The molecule has 1 saturated heterocycles. The molecule has 1 saturated carbocycles. The lowest BCUT2D eigenvalue weighted by Gasteiger charge is -2.35. The fourth-order valence-electron chi connectivity index (χ4n) is 2.79. The van der Waals surface area contributed by atoms with Crippen LogP contribution in [0.25, 0.3) is 0 Å². The van der Waals surface area contributed by atoms with Crippen LogP contribution in [0.3, 0.4) is 0 Å². The summed E-state index contributed by atoms with van der Waals surface area (Å²) in [5.41, 5.74) is 0. The number of urea groups is 1. The molecular weight excluding hydrogens is 311 g/mol. The Kier molecular flexibility index (Phi) is 6.95. The average Bonchev–Trinajstić information content (AvgIpc) is 2.44. The zero-order chi connectivity index (χ0) is 16.7. The number of nitrogens with zero attached hydrogens (tertiary/aromatic N) is 2. The van der Waals surface area contributed by atoms with E-state index in [9.17, 15) is 18.0 Å². The summed E-state index contributed by atoms with van der Waals surface area (Å²) in [4.78, 5) is 16.0. The van der Waals surface area contributed by atoms with Crippen LogP contribution in [0, 0.1) is 5.92 Å². The first kappa shape index (κ1) is 18.3. The van der Waals surface area contributed by atoms with Crippen molar-refractivity contribution in [1.82, 2.24) is 15.1 Å². The van der Waals surface area contributed by atoms with Crippen molar-refractivity contribution in [1.29, 1.82) is 0 Å². The Labute approximate surface area is 135 Å². The maximum Gasteiger partial charge on any atom is 0.411 e. The number of carbonyl (C=O) groups is 1. The molecule has 0 aromatic rings. The molecule has 8 heteroatoms. The summed E-state index contributed by atoms with van der Waals surface area (Å²) in [5.74, 6) is 0.650. The molecule has 1 heterocycles. The van der Waals surface area contributed by atoms with E-state index in [1.807, 2.05) is 4.90 Å². The zero-order valence-corrected chi connectivity index (χ0v) is 13.4. The number of hydrogen-bond acceptors (Lipinski definition) is 3. The zero-order valence-electron chi connectivity index (χ0n) is 13.4. The summed E-state index contributed by atoms with van der Waals surface area (Å²) in [7, 11) is 0.